The lowest BCUT2D eigenvalue weighted by atomic mass is 10.2. The van der Waals surface area contributed by atoms with E-state index in [0.717, 1.165) is 7.11 Å². The monoisotopic (exact) mass is 261 g/mol. The molecule has 0 bridgehead atoms. The summed E-state index contributed by atoms with van der Waals surface area (Å²) in [4.78, 5) is 3.16. The van der Waals surface area contributed by atoms with E-state index in [-0.39, 0.29) is 6.07 Å². The van der Waals surface area contributed by atoms with E-state index in [4.69, 9.17) is 11.6 Å². The van der Waals surface area contributed by atoms with Crippen LogP contribution in [-0.2, 0) is 6.18 Å². The van der Waals surface area contributed by atoms with Gasteiger partial charge in [0.15, 0.2) is 0 Å². The highest BCUT2D eigenvalue weighted by Crippen LogP contribution is 2.40. The molecule has 0 aromatic carbocycles. The summed E-state index contributed by atoms with van der Waals surface area (Å²) in [6.45, 7) is 0. The van der Waals surface area contributed by atoms with Gasteiger partial charge in [0.25, 0.3) is 6.43 Å². The van der Waals surface area contributed by atoms with Crippen molar-refractivity contribution >= 4 is 11.6 Å². The zero-order valence-electron chi connectivity index (χ0n) is 7.78. The molecule has 2 nitrogen and oxygen atoms in total. The molecule has 8 heteroatoms. The Labute approximate surface area is 92.0 Å². The van der Waals surface area contributed by atoms with E-state index in [2.05, 4.69) is 9.72 Å². The molecule has 0 aliphatic rings. The zero-order chi connectivity index (χ0) is 12.5. The fourth-order valence-electron chi connectivity index (χ4n) is 0.978. The van der Waals surface area contributed by atoms with Crippen LogP contribution in [0.25, 0.3) is 0 Å². The normalized spacial score (nSPS) is 12.0. The topological polar surface area (TPSA) is 22.1 Å². The van der Waals surface area contributed by atoms with Crippen LogP contribution in [0, 0.1) is 0 Å². The van der Waals surface area contributed by atoms with Gasteiger partial charge in [0.2, 0.25) is 5.88 Å². The average molecular weight is 262 g/mol. The van der Waals surface area contributed by atoms with Crippen LogP contribution in [-0.4, -0.2) is 12.1 Å². The Balaban J connectivity index is 3.42. The second-order valence-corrected chi connectivity index (χ2v) is 3.09. The highest BCUT2D eigenvalue weighted by Gasteiger charge is 2.36. The maximum atomic E-state index is 12.4. The van der Waals surface area contributed by atoms with Crippen molar-refractivity contribution in [3.8, 4) is 5.88 Å². The van der Waals surface area contributed by atoms with Gasteiger partial charge in [-0.05, 0) is 6.07 Å². The summed E-state index contributed by atoms with van der Waals surface area (Å²) in [5.41, 5.74) is -2.43. The van der Waals surface area contributed by atoms with Gasteiger partial charge in [-0.1, -0.05) is 11.6 Å². The molecule has 0 saturated carbocycles. The summed E-state index contributed by atoms with van der Waals surface area (Å²) in [6.07, 6.45) is -7.97. The lowest BCUT2D eigenvalue weighted by molar-refractivity contribution is -0.137. The number of halogens is 6. The van der Waals surface area contributed by atoms with E-state index in [9.17, 15) is 22.0 Å². The Hall–Kier alpha value is -1.11. The lowest BCUT2D eigenvalue weighted by Crippen LogP contribution is -2.09. The number of rotatable bonds is 2. The number of aromatic nitrogens is 1. The van der Waals surface area contributed by atoms with E-state index in [1.54, 1.807) is 0 Å². The Bertz CT molecular complexity index is 393. The van der Waals surface area contributed by atoms with Crippen LogP contribution >= 0.6 is 11.6 Å². The number of ether oxygens (including phenoxy) is 1. The summed E-state index contributed by atoms with van der Waals surface area (Å²) >= 11 is 5.32. The number of methoxy groups -OCH3 is 1. The van der Waals surface area contributed by atoms with Crippen molar-refractivity contribution in [2.45, 2.75) is 12.6 Å². The number of nitrogens with zero attached hydrogens (tertiary/aromatic N) is 1. The van der Waals surface area contributed by atoms with Gasteiger partial charge in [-0.2, -0.15) is 13.2 Å². The molecule has 0 unspecified atom stereocenters. The van der Waals surface area contributed by atoms with E-state index in [0.29, 0.717) is 0 Å². The van der Waals surface area contributed by atoms with E-state index >= 15 is 0 Å². The molecule has 0 radical (unpaired) electrons. The van der Waals surface area contributed by atoms with Crippen molar-refractivity contribution in [1.29, 1.82) is 0 Å². The van der Waals surface area contributed by atoms with Crippen LogP contribution in [0.5, 0.6) is 5.88 Å². The largest absolute Gasteiger partial charge is 0.480 e. The van der Waals surface area contributed by atoms with Crippen molar-refractivity contribution in [3.05, 3.63) is 22.3 Å². The van der Waals surface area contributed by atoms with Crippen molar-refractivity contribution in [3.63, 3.8) is 0 Å². The van der Waals surface area contributed by atoms with Gasteiger partial charge < -0.3 is 4.74 Å². The first-order chi connectivity index (χ1) is 7.27. The minimum Gasteiger partial charge on any atom is -0.480 e. The predicted molar refractivity (Wildman–Crippen MR) is 45.8 cm³/mol. The van der Waals surface area contributed by atoms with E-state index in [1.807, 2.05) is 0 Å². The van der Waals surface area contributed by atoms with Crippen molar-refractivity contribution < 1.29 is 26.7 Å². The minimum atomic E-state index is -4.84. The molecule has 1 aromatic heterocycles. The van der Waals surface area contributed by atoms with Gasteiger partial charge in [0, 0.05) is 0 Å². The Morgan fingerprint density at radius 1 is 1.38 bits per heavy atom. The number of alkyl halides is 5. The maximum Gasteiger partial charge on any atom is 0.418 e. The molecular formula is C8H5ClF5NO. The summed E-state index contributed by atoms with van der Waals surface area (Å²) in [5.74, 6) is -0.674. The number of pyridine rings is 1. The highest BCUT2D eigenvalue weighted by molar-refractivity contribution is 6.32. The Morgan fingerprint density at radius 2 is 1.94 bits per heavy atom. The number of hydrogen-bond acceptors (Lipinski definition) is 2. The molecule has 1 rings (SSSR count). The van der Waals surface area contributed by atoms with Gasteiger partial charge in [-0.15, -0.1) is 0 Å². The summed E-state index contributed by atoms with van der Waals surface area (Å²) in [7, 11) is 0.990. The molecule has 1 aromatic rings. The molecule has 0 fully saturated rings. The smallest absolute Gasteiger partial charge is 0.418 e. The van der Waals surface area contributed by atoms with Crippen molar-refractivity contribution in [1.82, 2.24) is 4.98 Å². The van der Waals surface area contributed by atoms with Gasteiger partial charge in [-0.25, -0.2) is 13.8 Å². The van der Waals surface area contributed by atoms with Crippen LogP contribution in [0.1, 0.15) is 17.7 Å². The first kappa shape index (κ1) is 13.0. The van der Waals surface area contributed by atoms with Crippen LogP contribution in [0.2, 0.25) is 5.02 Å². The van der Waals surface area contributed by atoms with Crippen LogP contribution < -0.4 is 4.74 Å². The Morgan fingerprint density at radius 3 is 2.31 bits per heavy atom. The third-order valence-electron chi connectivity index (χ3n) is 1.67. The molecule has 0 aliphatic carbocycles. The molecule has 16 heavy (non-hydrogen) atoms. The van der Waals surface area contributed by atoms with Crippen LogP contribution in [0.3, 0.4) is 0 Å². The maximum absolute atomic E-state index is 12.4. The molecule has 90 valence electrons. The lowest BCUT2D eigenvalue weighted by Gasteiger charge is -2.12. The summed E-state index contributed by atoms with van der Waals surface area (Å²) < 4.78 is 66.1. The summed E-state index contributed by atoms with van der Waals surface area (Å²) in [6, 6.07) is 0.204. The molecule has 0 spiro atoms. The number of hydrogen-bond donors (Lipinski definition) is 0. The molecule has 0 aliphatic heterocycles. The predicted octanol–water partition coefficient (Wildman–Crippen LogP) is 3.70. The molecule has 0 amide bonds. The van der Waals surface area contributed by atoms with Crippen molar-refractivity contribution in [2.24, 2.45) is 0 Å². The van der Waals surface area contributed by atoms with Gasteiger partial charge in [-0.3, -0.25) is 0 Å². The average Bonchev–Trinajstić information content (AvgIpc) is 2.15. The van der Waals surface area contributed by atoms with Gasteiger partial charge in [0.05, 0.1) is 12.7 Å². The molecule has 1 heterocycles. The molecule has 0 N–H and O–H groups in total. The van der Waals surface area contributed by atoms with E-state index in [1.165, 1.54) is 0 Å². The second kappa shape index (κ2) is 4.40. The first-order valence-corrected chi connectivity index (χ1v) is 4.25. The Kier molecular flexibility index (Phi) is 3.57. The van der Waals surface area contributed by atoms with Crippen molar-refractivity contribution in [2.75, 3.05) is 7.11 Å². The zero-order valence-corrected chi connectivity index (χ0v) is 8.53. The van der Waals surface area contributed by atoms with Gasteiger partial charge in [0.1, 0.15) is 10.7 Å². The van der Waals surface area contributed by atoms with Gasteiger partial charge >= 0.3 is 6.18 Å². The molecular weight excluding hydrogens is 257 g/mol. The minimum absolute atomic E-state index is 0.204. The summed E-state index contributed by atoms with van der Waals surface area (Å²) in [5, 5.41) is -0.834. The van der Waals surface area contributed by atoms with Crippen LogP contribution in [0.15, 0.2) is 6.07 Å². The molecule has 0 saturated heterocycles. The third-order valence-corrected chi connectivity index (χ3v) is 2.03. The van der Waals surface area contributed by atoms with Crippen LogP contribution in [0.4, 0.5) is 22.0 Å². The highest BCUT2D eigenvalue weighted by atomic mass is 35.5. The van der Waals surface area contributed by atoms with E-state index < -0.39 is 34.8 Å². The fourth-order valence-corrected chi connectivity index (χ4v) is 1.26. The molecule has 0 atom stereocenters. The second-order valence-electron chi connectivity index (χ2n) is 2.72. The quantitative estimate of drug-likeness (QED) is 0.757. The fraction of sp³-hybridized carbons (Fsp3) is 0.375. The first-order valence-electron chi connectivity index (χ1n) is 3.87. The standard InChI is InChI=1S/C8H5ClF5NO/c1-16-7-5(9)3(8(12,13)14)2-4(15-7)6(10)11/h2,6H,1H3. The third kappa shape index (κ3) is 2.52. The SMILES string of the molecule is COc1nc(C(F)F)cc(C(F)(F)F)c1Cl.